The second-order valence-corrected chi connectivity index (χ2v) is 3.06. The van der Waals surface area contributed by atoms with Crippen LogP contribution in [0.15, 0.2) is 22.5 Å². The summed E-state index contributed by atoms with van der Waals surface area (Å²) in [5.41, 5.74) is 10.1. The van der Waals surface area contributed by atoms with Gasteiger partial charge in [0.15, 0.2) is 11.0 Å². The van der Waals surface area contributed by atoms with Crippen LogP contribution < -0.4 is 16.2 Å². The molecule has 13 heavy (non-hydrogen) atoms. The Morgan fingerprint density at radius 3 is 2.92 bits per heavy atom. The van der Waals surface area contributed by atoms with Gasteiger partial charge in [0.2, 0.25) is 0 Å². The first-order valence-corrected chi connectivity index (χ1v) is 4.36. The van der Waals surface area contributed by atoms with E-state index in [9.17, 15) is 4.79 Å². The van der Waals surface area contributed by atoms with Crippen LogP contribution in [0.5, 0.6) is 5.06 Å². The van der Waals surface area contributed by atoms with Crippen molar-refractivity contribution >= 4 is 23.3 Å². The van der Waals surface area contributed by atoms with Crippen molar-refractivity contribution in [2.24, 2.45) is 16.5 Å². The van der Waals surface area contributed by atoms with Crippen molar-refractivity contribution in [1.82, 2.24) is 0 Å². The van der Waals surface area contributed by atoms with Gasteiger partial charge in [0.1, 0.15) is 6.54 Å². The van der Waals surface area contributed by atoms with E-state index in [2.05, 4.69) is 4.99 Å². The summed E-state index contributed by atoms with van der Waals surface area (Å²) in [6, 6.07) is 3.48. The van der Waals surface area contributed by atoms with Crippen molar-refractivity contribution in [3.63, 3.8) is 0 Å². The van der Waals surface area contributed by atoms with Crippen molar-refractivity contribution < 1.29 is 9.53 Å². The Kier molecular flexibility index (Phi) is 3.27. The molecule has 0 spiro atoms. The van der Waals surface area contributed by atoms with Gasteiger partial charge in [0.25, 0.3) is 0 Å². The summed E-state index contributed by atoms with van der Waals surface area (Å²) in [5, 5.41) is 2.35. The highest BCUT2D eigenvalue weighted by atomic mass is 32.1. The molecule has 0 bridgehead atoms. The number of nitrogens with two attached hydrogens (primary N) is 2. The summed E-state index contributed by atoms with van der Waals surface area (Å²) >= 11 is 1.33. The van der Waals surface area contributed by atoms with Crippen molar-refractivity contribution in [3.05, 3.63) is 17.5 Å². The molecular weight excluding hydrogens is 190 g/mol. The molecule has 0 atom stereocenters. The Morgan fingerprint density at radius 1 is 1.62 bits per heavy atom. The van der Waals surface area contributed by atoms with E-state index in [-0.39, 0.29) is 12.5 Å². The van der Waals surface area contributed by atoms with Crippen LogP contribution in [-0.2, 0) is 4.79 Å². The number of hydrogen-bond acceptors (Lipinski definition) is 4. The van der Waals surface area contributed by atoms with Gasteiger partial charge in [-0.2, -0.15) is 0 Å². The standard InChI is InChI=1S/C7H9N3O2S/c8-7(9)10-4-5(11)12-6-2-1-3-13-6/h1-3H,4H2,(H4,8,9,10). The van der Waals surface area contributed by atoms with Gasteiger partial charge >= 0.3 is 5.97 Å². The molecule has 0 aromatic carbocycles. The van der Waals surface area contributed by atoms with Gasteiger partial charge in [0.05, 0.1) is 0 Å². The number of aliphatic imine (C=N–C) groups is 1. The fourth-order valence-electron chi connectivity index (χ4n) is 0.622. The monoisotopic (exact) mass is 199 g/mol. The molecule has 0 radical (unpaired) electrons. The molecule has 1 heterocycles. The van der Waals surface area contributed by atoms with Crippen molar-refractivity contribution in [1.29, 1.82) is 0 Å². The zero-order chi connectivity index (χ0) is 9.68. The van der Waals surface area contributed by atoms with Crippen LogP contribution in [0.2, 0.25) is 0 Å². The lowest BCUT2D eigenvalue weighted by Gasteiger charge is -1.97. The first kappa shape index (κ1) is 9.53. The lowest BCUT2D eigenvalue weighted by atomic mass is 10.6. The Morgan fingerprint density at radius 2 is 2.38 bits per heavy atom. The molecule has 0 aliphatic carbocycles. The highest BCUT2D eigenvalue weighted by Gasteiger charge is 2.03. The van der Waals surface area contributed by atoms with Gasteiger partial charge in [-0.15, -0.1) is 11.3 Å². The number of hydrogen-bond donors (Lipinski definition) is 2. The topological polar surface area (TPSA) is 90.7 Å². The predicted molar refractivity (Wildman–Crippen MR) is 50.6 cm³/mol. The highest BCUT2D eigenvalue weighted by molar-refractivity contribution is 7.11. The van der Waals surface area contributed by atoms with Crippen molar-refractivity contribution in [2.45, 2.75) is 0 Å². The Labute approximate surface area is 79.0 Å². The van der Waals surface area contributed by atoms with E-state index in [0.29, 0.717) is 5.06 Å². The van der Waals surface area contributed by atoms with E-state index in [0.717, 1.165) is 0 Å². The summed E-state index contributed by atoms with van der Waals surface area (Å²) in [7, 11) is 0. The third kappa shape index (κ3) is 3.57. The first-order valence-electron chi connectivity index (χ1n) is 3.48. The molecule has 0 fully saturated rings. The normalized spacial score (nSPS) is 9.23. The summed E-state index contributed by atoms with van der Waals surface area (Å²) in [5.74, 6) is -0.598. The molecule has 0 aliphatic rings. The fraction of sp³-hybridized carbons (Fsp3) is 0.143. The second-order valence-electron chi connectivity index (χ2n) is 2.15. The molecule has 0 aliphatic heterocycles. The maximum absolute atomic E-state index is 11.0. The number of thiophene rings is 1. The summed E-state index contributed by atoms with van der Waals surface area (Å²) in [6.45, 7) is -0.153. The summed E-state index contributed by atoms with van der Waals surface area (Å²) < 4.78 is 4.87. The van der Waals surface area contributed by atoms with E-state index >= 15 is 0 Å². The molecule has 1 aromatic rings. The number of guanidine groups is 1. The molecule has 1 rings (SSSR count). The van der Waals surface area contributed by atoms with Gasteiger partial charge in [-0.3, -0.25) is 0 Å². The highest BCUT2D eigenvalue weighted by Crippen LogP contribution is 2.17. The number of ether oxygens (including phenoxy) is 1. The minimum atomic E-state index is -0.476. The van der Waals surface area contributed by atoms with Crippen LogP contribution in [0.25, 0.3) is 0 Å². The first-order chi connectivity index (χ1) is 6.18. The molecule has 70 valence electrons. The zero-order valence-corrected chi connectivity index (χ0v) is 7.58. The maximum atomic E-state index is 11.0. The van der Waals surface area contributed by atoms with Crippen LogP contribution >= 0.6 is 11.3 Å². The number of carbonyl (C=O) groups is 1. The van der Waals surface area contributed by atoms with Gasteiger partial charge in [-0.05, 0) is 17.5 Å². The van der Waals surface area contributed by atoms with E-state index < -0.39 is 5.97 Å². The fourth-order valence-corrected chi connectivity index (χ4v) is 1.21. The van der Waals surface area contributed by atoms with Crippen molar-refractivity contribution in [3.8, 4) is 5.06 Å². The second kappa shape index (κ2) is 4.46. The molecule has 0 unspecified atom stereocenters. The number of nitrogens with zero attached hydrogens (tertiary/aromatic N) is 1. The average Bonchev–Trinajstić information content (AvgIpc) is 2.53. The quantitative estimate of drug-likeness (QED) is 0.405. The SMILES string of the molecule is NC(N)=NCC(=O)Oc1cccs1. The molecule has 4 N–H and O–H groups in total. The van der Waals surface area contributed by atoms with Crippen LogP contribution in [0.4, 0.5) is 0 Å². The number of carbonyl (C=O) groups excluding carboxylic acids is 1. The molecule has 0 saturated heterocycles. The summed E-state index contributed by atoms with van der Waals surface area (Å²) in [4.78, 5) is 14.5. The third-order valence-electron chi connectivity index (χ3n) is 1.10. The molecule has 0 amide bonds. The predicted octanol–water partition coefficient (Wildman–Crippen LogP) is -0.0731. The van der Waals surface area contributed by atoms with Crippen LogP contribution in [-0.4, -0.2) is 18.5 Å². The van der Waals surface area contributed by atoms with Gasteiger partial charge in [0, 0.05) is 0 Å². The van der Waals surface area contributed by atoms with Gasteiger partial charge < -0.3 is 16.2 Å². The van der Waals surface area contributed by atoms with E-state index in [1.165, 1.54) is 11.3 Å². The Hall–Kier alpha value is -1.56. The van der Waals surface area contributed by atoms with Gasteiger partial charge in [-0.1, -0.05) is 0 Å². The number of esters is 1. The zero-order valence-electron chi connectivity index (χ0n) is 6.77. The Bertz CT molecular complexity index is 304. The lowest BCUT2D eigenvalue weighted by molar-refractivity contribution is -0.132. The van der Waals surface area contributed by atoms with E-state index in [1.54, 1.807) is 12.1 Å². The van der Waals surface area contributed by atoms with Crippen LogP contribution in [0.1, 0.15) is 0 Å². The molecule has 1 aromatic heterocycles. The maximum Gasteiger partial charge on any atom is 0.334 e. The average molecular weight is 199 g/mol. The minimum Gasteiger partial charge on any atom is -0.414 e. The molecule has 6 heteroatoms. The van der Waals surface area contributed by atoms with Gasteiger partial charge in [-0.25, -0.2) is 9.79 Å². The largest absolute Gasteiger partial charge is 0.414 e. The van der Waals surface area contributed by atoms with Crippen molar-refractivity contribution in [2.75, 3.05) is 6.54 Å². The Balaban J connectivity index is 2.39. The smallest absolute Gasteiger partial charge is 0.334 e. The van der Waals surface area contributed by atoms with Crippen LogP contribution in [0, 0.1) is 0 Å². The third-order valence-corrected chi connectivity index (χ3v) is 1.85. The van der Waals surface area contributed by atoms with Crippen LogP contribution in [0.3, 0.4) is 0 Å². The van der Waals surface area contributed by atoms with E-state index in [1.807, 2.05) is 5.38 Å². The molecule has 5 nitrogen and oxygen atoms in total. The number of rotatable bonds is 3. The molecule has 0 saturated carbocycles. The lowest BCUT2D eigenvalue weighted by Crippen LogP contribution is -2.25. The minimum absolute atomic E-state index is 0.122. The van der Waals surface area contributed by atoms with E-state index in [4.69, 9.17) is 16.2 Å². The summed E-state index contributed by atoms with van der Waals surface area (Å²) in [6.07, 6.45) is 0. The molecular formula is C7H9N3O2S.